The second kappa shape index (κ2) is 4.91. The Morgan fingerprint density at radius 2 is 1.78 bits per heavy atom. The second-order valence-corrected chi connectivity index (χ2v) is 11.4. The topological polar surface area (TPSA) is 60.4 Å². The van der Waals surface area contributed by atoms with Gasteiger partial charge in [-0.3, -0.25) is 4.79 Å². The number of fused-ring (bicyclic) bond motifs is 9. The maximum Gasteiger partial charge on any atom is 0.186 e. The number of carbonyl (C=O) groups is 1. The van der Waals surface area contributed by atoms with Gasteiger partial charge in [0.25, 0.3) is 0 Å². The number of halogens is 2. The number of sulfone groups is 1. The molecule has 3 aliphatic heterocycles. The molecule has 7 heteroatoms. The molecule has 4 aliphatic rings. The van der Waals surface area contributed by atoms with Crippen molar-refractivity contribution in [2.75, 3.05) is 0 Å². The van der Waals surface area contributed by atoms with Crippen LogP contribution in [0.25, 0.3) is 0 Å². The average Bonchev–Trinajstić information content (AvgIpc) is 3.14. The molecule has 1 saturated carbocycles. The lowest BCUT2D eigenvalue weighted by Gasteiger charge is -2.37. The zero-order valence-corrected chi connectivity index (χ0v) is 17.2. The summed E-state index contributed by atoms with van der Waals surface area (Å²) in [5.41, 5.74) is 0.383. The first-order chi connectivity index (χ1) is 10.9. The minimum absolute atomic E-state index is 0.0193. The van der Waals surface area contributed by atoms with Gasteiger partial charge in [-0.05, 0) is 82.0 Å². The Labute approximate surface area is 161 Å². The van der Waals surface area contributed by atoms with E-state index < -0.39 is 21.0 Å². The smallest absolute Gasteiger partial charge is 0.186 e. The highest BCUT2D eigenvalue weighted by atomic mass is 127. The van der Waals surface area contributed by atoms with E-state index in [1.165, 1.54) is 0 Å². The largest absolute Gasteiger partial charge is 0.372 e. The molecule has 1 aromatic rings. The van der Waals surface area contributed by atoms with E-state index in [1.54, 1.807) is 6.07 Å². The van der Waals surface area contributed by atoms with E-state index in [0.717, 1.165) is 22.8 Å². The highest BCUT2D eigenvalue weighted by molar-refractivity contribution is 14.1. The predicted octanol–water partition coefficient (Wildman–Crippen LogP) is 3.05. The summed E-state index contributed by atoms with van der Waals surface area (Å²) in [5.74, 6) is 0.190. The molecular formula is C16H14I2O4S. The van der Waals surface area contributed by atoms with Gasteiger partial charge in [-0.1, -0.05) is 6.42 Å². The van der Waals surface area contributed by atoms with Gasteiger partial charge in [0.05, 0.1) is 23.0 Å². The van der Waals surface area contributed by atoms with E-state index in [-0.39, 0.29) is 22.9 Å². The van der Waals surface area contributed by atoms with Crippen LogP contribution in [-0.4, -0.2) is 31.7 Å². The fraction of sp³-hybridized carbons (Fsp3) is 0.562. The van der Waals surface area contributed by atoms with E-state index in [4.69, 9.17) is 4.74 Å². The first kappa shape index (κ1) is 15.5. The second-order valence-electron chi connectivity index (χ2n) is 6.99. The number of benzene rings is 1. The number of Topliss-reactive ketones (excluding diaryl/α,β-unsaturated/α-hetero) is 1. The standard InChI is InChI=1S/C16H14I2O4S/c17-6-4-9-12(19)11-13-7-2-1-3-8(7)14(22-13)16(11)23(20,21)15(9)10(18)5-6/h4-5,7-8,11,13-14,16H,1-3H2. The van der Waals surface area contributed by atoms with Crippen LogP contribution in [0.2, 0.25) is 0 Å². The quantitative estimate of drug-likeness (QED) is 0.462. The molecule has 5 rings (SSSR count). The third-order valence-electron chi connectivity index (χ3n) is 6.03. The summed E-state index contributed by atoms with van der Waals surface area (Å²) in [7, 11) is -3.53. The Bertz CT molecular complexity index is 850. The molecule has 6 atom stereocenters. The fourth-order valence-electron chi connectivity index (χ4n) is 5.30. The number of carbonyl (C=O) groups excluding carboxylic acids is 1. The third-order valence-corrected chi connectivity index (χ3v) is 10.2. The molecule has 3 fully saturated rings. The normalized spacial score (nSPS) is 42.4. The number of ether oxygens (including phenoxy) is 1. The third kappa shape index (κ3) is 1.85. The lowest BCUT2D eigenvalue weighted by Crippen LogP contribution is -2.52. The molecule has 0 amide bonds. The Kier molecular flexibility index (Phi) is 3.31. The van der Waals surface area contributed by atoms with Crippen LogP contribution in [0, 0.1) is 24.9 Å². The summed E-state index contributed by atoms with van der Waals surface area (Å²) in [4.78, 5) is 13.4. The molecule has 2 saturated heterocycles. The summed E-state index contributed by atoms with van der Waals surface area (Å²) >= 11 is 4.18. The Morgan fingerprint density at radius 1 is 1.09 bits per heavy atom. The molecule has 3 heterocycles. The van der Waals surface area contributed by atoms with Gasteiger partial charge in [-0.15, -0.1) is 0 Å². The summed E-state index contributed by atoms with van der Waals surface area (Å²) in [5, 5.41) is -0.666. The average molecular weight is 556 g/mol. The molecule has 2 bridgehead atoms. The van der Waals surface area contributed by atoms with Crippen molar-refractivity contribution in [1.82, 2.24) is 0 Å². The zero-order valence-electron chi connectivity index (χ0n) is 12.0. The van der Waals surface area contributed by atoms with Crippen molar-refractivity contribution in [3.63, 3.8) is 0 Å². The van der Waals surface area contributed by atoms with Crippen LogP contribution < -0.4 is 0 Å². The van der Waals surface area contributed by atoms with Gasteiger partial charge >= 0.3 is 0 Å². The van der Waals surface area contributed by atoms with Crippen LogP contribution in [-0.2, 0) is 14.6 Å². The predicted molar refractivity (Wildman–Crippen MR) is 100 cm³/mol. The molecule has 1 aromatic carbocycles. The van der Waals surface area contributed by atoms with Gasteiger partial charge in [0.2, 0.25) is 0 Å². The van der Waals surface area contributed by atoms with Crippen LogP contribution in [0.1, 0.15) is 29.6 Å². The Morgan fingerprint density at radius 3 is 2.52 bits per heavy atom. The molecule has 0 N–H and O–H groups in total. The SMILES string of the molecule is O=C1c2cc(I)cc(I)c2S(=O)(=O)C2C3OC(C4CCCC43)C12. The van der Waals surface area contributed by atoms with E-state index in [2.05, 4.69) is 22.6 Å². The molecule has 0 radical (unpaired) electrons. The molecule has 23 heavy (non-hydrogen) atoms. The highest BCUT2D eigenvalue weighted by Gasteiger charge is 2.68. The number of hydrogen-bond donors (Lipinski definition) is 0. The van der Waals surface area contributed by atoms with Crippen molar-refractivity contribution in [3.8, 4) is 0 Å². The van der Waals surface area contributed by atoms with Crippen molar-refractivity contribution >= 4 is 60.8 Å². The maximum absolute atomic E-state index is 13.3. The number of rotatable bonds is 0. The van der Waals surface area contributed by atoms with Gasteiger partial charge in [-0.2, -0.15) is 0 Å². The monoisotopic (exact) mass is 556 g/mol. The molecular weight excluding hydrogens is 542 g/mol. The molecule has 6 unspecified atom stereocenters. The summed E-state index contributed by atoms with van der Waals surface area (Å²) in [6.45, 7) is 0. The Hall–Kier alpha value is 0.260. The summed E-state index contributed by atoms with van der Waals surface area (Å²) in [6, 6.07) is 3.56. The van der Waals surface area contributed by atoms with Gasteiger partial charge in [0.1, 0.15) is 5.25 Å². The molecule has 0 aromatic heterocycles. The fourth-order valence-corrected chi connectivity index (χ4v) is 10.4. The minimum atomic E-state index is -3.53. The lowest BCUT2D eigenvalue weighted by atomic mass is 9.73. The molecule has 1 aliphatic carbocycles. The van der Waals surface area contributed by atoms with Crippen molar-refractivity contribution in [2.45, 2.75) is 41.6 Å². The van der Waals surface area contributed by atoms with Gasteiger partial charge < -0.3 is 4.74 Å². The molecule has 0 spiro atoms. The Balaban J connectivity index is 1.75. The van der Waals surface area contributed by atoms with E-state index in [9.17, 15) is 13.2 Å². The van der Waals surface area contributed by atoms with E-state index in [0.29, 0.717) is 21.0 Å². The van der Waals surface area contributed by atoms with E-state index >= 15 is 0 Å². The zero-order chi connectivity index (χ0) is 16.1. The lowest BCUT2D eigenvalue weighted by molar-refractivity contribution is 0.0608. The van der Waals surface area contributed by atoms with Crippen LogP contribution >= 0.6 is 45.2 Å². The van der Waals surface area contributed by atoms with Crippen LogP contribution in [0.5, 0.6) is 0 Å². The van der Waals surface area contributed by atoms with Crippen molar-refractivity contribution in [2.24, 2.45) is 17.8 Å². The van der Waals surface area contributed by atoms with Crippen LogP contribution in [0.4, 0.5) is 0 Å². The minimum Gasteiger partial charge on any atom is -0.372 e. The summed E-state index contributed by atoms with van der Waals surface area (Å²) < 4.78 is 34.2. The maximum atomic E-state index is 13.3. The first-order valence-electron chi connectivity index (χ1n) is 7.84. The van der Waals surface area contributed by atoms with Gasteiger partial charge in [0.15, 0.2) is 15.6 Å². The highest BCUT2D eigenvalue weighted by Crippen LogP contribution is 2.58. The molecule has 122 valence electrons. The van der Waals surface area contributed by atoms with Crippen LogP contribution in [0.15, 0.2) is 17.0 Å². The van der Waals surface area contributed by atoms with Gasteiger partial charge in [0, 0.05) is 12.7 Å². The number of hydrogen-bond acceptors (Lipinski definition) is 4. The van der Waals surface area contributed by atoms with Crippen LogP contribution in [0.3, 0.4) is 0 Å². The first-order valence-corrected chi connectivity index (χ1v) is 11.5. The summed E-state index contributed by atoms with van der Waals surface area (Å²) in [6.07, 6.45) is 2.76. The number of ketones is 1. The van der Waals surface area contributed by atoms with E-state index in [1.807, 2.05) is 28.7 Å². The van der Waals surface area contributed by atoms with Crippen molar-refractivity contribution < 1.29 is 17.9 Å². The van der Waals surface area contributed by atoms with Crippen molar-refractivity contribution in [3.05, 3.63) is 24.8 Å². The molecule has 4 nitrogen and oxygen atoms in total. The van der Waals surface area contributed by atoms with Crippen molar-refractivity contribution in [1.29, 1.82) is 0 Å². The van der Waals surface area contributed by atoms with Gasteiger partial charge in [-0.25, -0.2) is 8.42 Å².